The van der Waals surface area contributed by atoms with Crippen LogP contribution in [0.25, 0.3) is 5.76 Å². The molecule has 5 rings (SSSR count). The number of ketones is 1. The average Bonchev–Trinajstić information content (AvgIpc) is 3.70. The molecule has 1 N–H and O–H groups in total. The lowest BCUT2D eigenvalue weighted by Crippen LogP contribution is -2.29. The fraction of sp³-hybridized carbons (Fsp3) is 0.368. The molecule has 1 aromatic heterocycles. The van der Waals surface area contributed by atoms with Gasteiger partial charge in [-0.2, -0.15) is 0 Å². The molecule has 0 spiro atoms. The summed E-state index contributed by atoms with van der Waals surface area (Å²) in [6.07, 6.45) is 7.50. The van der Waals surface area contributed by atoms with E-state index in [2.05, 4.69) is 24.0 Å². The van der Waals surface area contributed by atoms with E-state index >= 15 is 0 Å². The fourth-order valence-corrected chi connectivity index (χ4v) is 7.31. The highest BCUT2D eigenvalue weighted by Gasteiger charge is 2.48. The van der Waals surface area contributed by atoms with Crippen molar-refractivity contribution in [3.8, 4) is 17.2 Å². The number of nitrogens with zero attached hydrogens (tertiary/aromatic N) is 3. The SMILES string of the molecule is CCCCCCCOc1ccc(C2/C(=C(/O)c3ccc(OCCCC)cc3)C(=O)C(=O)N2c2nnc(SCc3ccccc3)s2)cc1OC. The van der Waals surface area contributed by atoms with Crippen molar-refractivity contribution < 1.29 is 28.9 Å². The molecular weight excluding hydrogens is 659 g/mol. The summed E-state index contributed by atoms with van der Waals surface area (Å²) in [5.74, 6) is 0.448. The number of Topliss-reactive ketones (excluding diaryl/α,β-unsaturated/α-hetero) is 1. The maximum Gasteiger partial charge on any atom is 0.301 e. The minimum Gasteiger partial charge on any atom is -0.507 e. The third-order valence-corrected chi connectivity index (χ3v) is 10.3. The Kier molecular flexibility index (Phi) is 13.1. The van der Waals surface area contributed by atoms with Gasteiger partial charge in [-0.15, -0.1) is 10.2 Å². The molecule has 0 radical (unpaired) electrons. The number of aromatic nitrogens is 2. The predicted octanol–water partition coefficient (Wildman–Crippen LogP) is 8.99. The molecule has 2 heterocycles. The quantitative estimate of drug-likeness (QED) is 0.0271. The highest BCUT2D eigenvalue weighted by atomic mass is 32.2. The molecular formula is C38H43N3O6S2. The van der Waals surface area contributed by atoms with Gasteiger partial charge in [-0.3, -0.25) is 14.5 Å². The molecule has 258 valence electrons. The van der Waals surface area contributed by atoms with Crippen molar-refractivity contribution in [1.82, 2.24) is 10.2 Å². The topological polar surface area (TPSA) is 111 Å². The second-order valence-corrected chi connectivity index (χ2v) is 13.9. The van der Waals surface area contributed by atoms with E-state index in [0.29, 0.717) is 51.7 Å². The molecule has 1 fully saturated rings. The van der Waals surface area contributed by atoms with Crippen molar-refractivity contribution >= 4 is 45.7 Å². The van der Waals surface area contributed by atoms with E-state index in [4.69, 9.17) is 14.2 Å². The van der Waals surface area contributed by atoms with Crippen molar-refractivity contribution in [3.05, 3.63) is 95.1 Å². The second kappa shape index (κ2) is 17.9. The van der Waals surface area contributed by atoms with Gasteiger partial charge in [0, 0.05) is 11.3 Å². The molecule has 1 unspecified atom stereocenters. The van der Waals surface area contributed by atoms with E-state index in [9.17, 15) is 14.7 Å². The standard InChI is InChI=1S/C38H43N3O6S2/c1-4-6-8-9-13-23-47-30-21-18-28(24-31(30)45-3)33-32(34(42)27-16-19-29(20-17-27)46-22-7-5-2)35(43)36(44)41(33)37-39-40-38(49-37)48-25-26-14-11-10-12-15-26/h10-12,14-21,24,33,42H,4-9,13,22-23,25H2,1-3H3/b34-32-. The first kappa shape index (κ1) is 35.9. The summed E-state index contributed by atoms with van der Waals surface area (Å²) in [5.41, 5.74) is 2.02. The van der Waals surface area contributed by atoms with Crippen LogP contribution in [0.2, 0.25) is 0 Å². The summed E-state index contributed by atoms with van der Waals surface area (Å²) in [6, 6.07) is 21.2. The number of benzene rings is 3. The zero-order chi connectivity index (χ0) is 34.6. The monoisotopic (exact) mass is 701 g/mol. The molecule has 0 bridgehead atoms. The van der Waals surface area contributed by atoms with Gasteiger partial charge >= 0.3 is 5.91 Å². The fourth-order valence-electron chi connectivity index (χ4n) is 5.48. The largest absolute Gasteiger partial charge is 0.507 e. The molecule has 1 saturated heterocycles. The highest BCUT2D eigenvalue weighted by Crippen LogP contribution is 2.45. The second-order valence-electron chi connectivity index (χ2n) is 11.7. The Morgan fingerprint density at radius 1 is 0.857 bits per heavy atom. The zero-order valence-electron chi connectivity index (χ0n) is 28.2. The van der Waals surface area contributed by atoms with Crippen molar-refractivity contribution in [2.24, 2.45) is 0 Å². The van der Waals surface area contributed by atoms with Gasteiger partial charge in [0.05, 0.1) is 31.9 Å². The van der Waals surface area contributed by atoms with Crippen LogP contribution in [0.15, 0.2) is 82.7 Å². The minimum atomic E-state index is -0.989. The van der Waals surface area contributed by atoms with Crippen molar-refractivity contribution in [3.63, 3.8) is 0 Å². The van der Waals surface area contributed by atoms with Gasteiger partial charge < -0.3 is 19.3 Å². The van der Waals surface area contributed by atoms with E-state index in [0.717, 1.165) is 31.2 Å². The van der Waals surface area contributed by atoms with Crippen molar-refractivity contribution in [2.75, 3.05) is 25.2 Å². The third kappa shape index (κ3) is 9.01. The Balaban J connectivity index is 1.48. The highest BCUT2D eigenvalue weighted by molar-refractivity contribution is 8.00. The third-order valence-electron chi connectivity index (χ3n) is 8.15. The first-order valence-electron chi connectivity index (χ1n) is 16.8. The lowest BCUT2D eigenvalue weighted by atomic mass is 9.95. The van der Waals surface area contributed by atoms with Crippen LogP contribution >= 0.6 is 23.1 Å². The van der Waals surface area contributed by atoms with Crippen LogP contribution in [0.4, 0.5) is 5.13 Å². The Hall–Kier alpha value is -4.35. The number of unbranched alkanes of at least 4 members (excludes halogenated alkanes) is 5. The molecule has 1 amide bonds. The lowest BCUT2D eigenvalue weighted by Gasteiger charge is -2.23. The Bertz CT molecular complexity index is 1730. The number of ether oxygens (including phenoxy) is 3. The van der Waals surface area contributed by atoms with Crippen LogP contribution in [-0.4, -0.2) is 47.3 Å². The molecule has 3 aromatic carbocycles. The van der Waals surface area contributed by atoms with Crippen LogP contribution in [-0.2, 0) is 15.3 Å². The summed E-state index contributed by atoms with van der Waals surface area (Å²) in [4.78, 5) is 28.9. The molecule has 1 atom stereocenters. The first-order chi connectivity index (χ1) is 23.9. The van der Waals surface area contributed by atoms with E-state index in [1.807, 2.05) is 30.3 Å². The number of methoxy groups -OCH3 is 1. The zero-order valence-corrected chi connectivity index (χ0v) is 29.9. The minimum absolute atomic E-state index is 0.0509. The Morgan fingerprint density at radius 2 is 1.59 bits per heavy atom. The summed E-state index contributed by atoms with van der Waals surface area (Å²) in [5, 5.41) is 20.6. The lowest BCUT2D eigenvalue weighted by molar-refractivity contribution is -0.132. The van der Waals surface area contributed by atoms with Gasteiger partial charge in [0.15, 0.2) is 15.8 Å². The molecule has 0 saturated carbocycles. The normalized spacial score (nSPS) is 15.5. The first-order valence-corrected chi connectivity index (χ1v) is 18.6. The number of aliphatic hydroxyl groups excluding tert-OH is 1. The molecule has 9 nitrogen and oxygen atoms in total. The summed E-state index contributed by atoms with van der Waals surface area (Å²) < 4.78 is 18.2. The summed E-state index contributed by atoms with van der Waals surface area (Å²) in [7, 11) is 1.55. The van der Waals surface area contributed by atoms with E-state index in [1.54, 1.807) is 49.6 Å². The van der Waals surface area contributed by atoms with Gasteiger partial charge in [0.2, 0.25) is 5.13 Å². The Morgan fingerprint density at radius 3 is 2.33 bits per heavy atom. The number of hydrogen-bond donors (Lipinski definition) is 1. The van der Waals surface area contributed by atoms with Crippen LogP contribution in [0.1, 0.15) is 81.5 Å². The predicted molar refractivity (Wildman–Crippen MR) is 195 cm³/mol. The molecule has 49 heavy (non-hydrogen) atoms. The van der Waals surface area contributed by atoms with E-state index in [1.165, 1.54) is 47.3 Å². The van der Waals surface area contributed by atoms with Gasteiger partial charge in [-0.1, -0.05) is 105 Å². The molecule has 4 aromatic rings. The van der Waals surface area contributed by atoms with Crippen LogP contribution in [0.3, 0.4) is 0 Å². The van der Waals surface area contributed by atoms with E-state index < -0.39 is 17.7 Å². The number of anilines is 1. The molecule has 0 aliphatic carbocycles. The smallest absolute Gasteiger partial charge is 0.301 e. The number of carbonyl (C=O) groups excluding carboxylic acids is 2. The maximum absolute atomic E-state index is 13.8. The van der Waals surface area contributed by atoms with E-state index in [-0.39, 0.29) is 16.5 Å². The van der Waals surface area contributed by atoms with Crippen LogP contribution in [0, 0.1) is 0 Å². The van der Waals surface area contributed by atoms with Gasteiger partial charge in [-0.05, 0) is 60.4 Å². The summed E-state index contributed by atoms with van der Waals surface area (Å²) >= 11 is 2.72. The van der Waals surface area contributed by atoms with Gasteiger partial charge in [0.1, 0.15) is 11.5 Å². The number of aliphatic hydroxyl groups is 1. The van der Waals surface area contributed by atoms with Crippen molar-refractivity contribution in [1.29, 1.82) is 0 Å². The number of rotatable bonds is 18. The number of hydrogen-bond acceptors (Lipinski definition) is 10. The van der Waals surface area contributed by atoms with Crippen molar-refractivity contribution in [2.45, 2.75) is 74.9 Å². The van der Waals surface area contributed by atoms with Crippen LogP contribution in [0.5, 0.6) is 17.2 Å². The number of carbonyl (C=O) groups is 2. The maximum atomic E-state index is 13.8. The van der Waals surface area contributed by atoms with Gasteiger partial charge in [-0.25, -0.2) is 0 Å². The number of amides is 1. The molecule has 1 aliphatic rings. The van der Waals surface area contributed by atoms with Crippen LogP contribution < -0.4 is 19.1 Å². The average molecular weight is 702 g/mol. The van der Waals surface area contributed by atoms with Gasteiger partial charge in [0.25, 0.3) is 5.78 Å². The Labute approximate surface area is 296 Å². The molecule has 1 aliphatic heterocycles. The summed E-state index contributed by atoms with van der Waals surface area (Å²) in [6.45, 7) is 5.41. The molecule has 11 heteroatoms. The number of thioether (sulfide) groups is 1.